The number of amides is 1. The van der Waals surface area contributed by atoms with E-state index in [1.165, 1.54) is 12.1 Å². The Bertz CT molecular complexity index is 674. The largest absolute Gasteiger partial charge is 0.490 e. The number of ether oxygens (including phenoxy) is 2. The fourth-order valence-corrected chi connectivity index (χ4v) is 1.80. The highest BCUT2D eigenvalue weighted by Gasteiger charge is 2.12. The lowest BCUT2D eigenvalue weighted by atomic mass is 10.1. The average molecular weight is 332 g/mol. The molecule has 0 aromatic heterocycles. The van der Waals surface area contributed by atoms with Crippen molar-refractivity contribution in [3.8, 4) is 17.6 Å². The van der Waals surface area contributed by atoms with E-state index in [1.54, 1.807) is 32.9 Å². The van der Waals surface area contributed by atoms with Crippen LogP contribution in [0.25, 0.3) is 6.08 Å². The van der Waals surface area contributed by atoms with Crippen LogP contribution < -0.4 is 14.8 Å². The lowest BCUT2D eigenvalue weighted by Gasteiger charge is -2.11. The molecule has 7 heteroatoms. The molecule has 24 heavy (non-hydrogen) atoms. The number of nitriles is 1. The molecule has 0 aliphatic carbocycles. The van der Waals surface area contributed by atoms with Crippen LogP contribution in [-0.2, 0) is 9.59 Å². The van der Waals surface area contributed by atoms with Gasteiger partial charge in [-0.25, -0.2) is 4.79 Å². The van der Waals surface area contributed by atoms with Crippen LogP contribution in [0.2, 0.25) is 0 Å². The molecule has 0 atom stereocenters. The smallest absolute Gasteiger partial charge is 0.341 e. The number of nitrogens with zero attached hydrogens (tertiary/aromatic N) is 1. The zero-order chi connectivity index (χ0) is 18.1. The fourth-order valence-electron chi connectivity index (χ4n) is 1.80. The van der Waals surface area contributed by atoms with E-state index in [0.29, 0.717) is 17.9 Å². The molecule has 0 radical (unpaired) electrons. The van der Waals surface area contributed by atoms with Crippen molar-refractivity contribution in [2.75, 3.05) is 13.2 Å². The van der Waals surface area contributed by atoms with Gasteiger partial charge >= 0.3 is 5.97 Å². The molecule has 0 aliphatic heterocycles. The normalized spacial score (nSPS) is 10.9. The number of aliphatic carboxylic acids is 1. The summed E-state index contributed by atoms with van der Waals surface area (Å²) in [6.45, 7) is 5.24. The Morgan fingerprint density at radius 1 is 1.33 bits per heavy atom. The van der Waals surface area contributed by atoms with Gasteiger partial charge in [-0.05, 0) is 44.5 Å². The first-order valence-electron chi connectivity index (χ1n) is 7.41. The minimum Gasteiger partial charge on any atom is -0.490 e. The van der Waals surface area contributed by atoms with Gasteiger partial charge in [0.15, 0.2) is 18.1 Å². The summed E-state index contributed by atoms with van der Waals surface area (Å²) >= 11 is 0. The summed E-state index contributed by atoms with van der Waals surface area (Å²) in [5.41, 5.74) is 0.530. The van der Waals surface area contributed by atoms with Crippen molar-refractivity contribution in [1.29, 1.82) is 5.26 Å². The zero-order valence-electron chi connectivity index (χ0n) is 13.8. The van der Waals surface area contributed by atoms with Crippen molar-refractivity contribution in [2.45, 2.75) is 26.8 Å². The summed E-state index contributed by atoms with van der Waals surface area (Å²) in [7, 11) is 0. The van der Waals surface area contributed by atoms with E-state index < -0.39 is 18.5 Å². The standard InChI is InChI=1S/C17H20N2O5/c1-4-23-15-8-12(5-6-14(15)24-10-16(20)21)7-13(9-18)17(22)19-11(2)3/h5-8,11H,4,10H2,1-3H3,(H,19,22)(H,20,21)/b13-7+. The third-order valence-electron chi connectivity index (χ3n) is 2.71. The van der Waals surface area contributed by atoms with Crippen molar-refractivity contribution >= 4 is 18.0 Å². The Kier molecular flexibility index (Phi) is 7.30. The van der Waals surface area contributed by atoms with Gasteiger partial charge in [0.05, 0.1) is 6.61 Å². The van der Waals surface area contributed by atoms with E-state index in [4.69, 9.17) is 19.8 Å². The Balaban J connectivity index is 3.09. The monoisotopic (exact) mass is 332 g/mol. The van der Waals surface area contributed by atoms with Gasteiger partial charge in [0, 0.05) is 6.04 Å². The molecule has 0 fully saturated rings. The van der Waals surface area contributed by atoms with Gasteiger partial charge in [0.2, 0.25) is 0 Å². The predicted molar refractivity (Wildman–Crippen MR) is 87.6 cm³/mol. The second-order valence-electron chi connectivity index (χ2n) is 5.12. The van der Waals surface area contributed by atoms with Crippen LogP contribution in [0.3, 0.4) is 0 Å². The van der Waals surface area contributed by atoms with Gasteiger partial charge in [-0.3, -0.25) is 4.79 Å². The van der Waals surface area contributed by atoms with Crippen molar-refractivity contribution < 1.29 is 24.2 Å². The number of carboxylic acid groups (broad SMARTS) is 1. The molecule has 0 bridgehead atoms. The van der Waals surface area contributed by atoms with Crippen LogP contribution in [0.4, 0.5) is 0 Å². The molecule has 1 rings (SSSR count). The third-order valence-corrected chi connectivity index (χ3v) is 2.71. The molecule has 2 N–H and O–H groups in total. The van der Waals surface area contributed by atoms with Crippen LogP contribution in [0.5, 0.6) is 11.5 Å². The Morgan fingerprint density at radius 2 is 2.04 bits per heavy atom. The first kappa shape index (κ1) is 19.0. The van der Waals surface area contributed by atoms with Crippen LogP contribution in [0.1, 0.15) is 26.3 Å². The third kappa shape index (κ3) is 6.01. The number of rotatable bonds is 8. The van der Waals surface area contributed by atoms with Crippen molar-refractivity contribution in [1.82, 2.24) is 5.32 Å². The maximum absolute atomic E-state index is 11.9. The van der Waals surface area contributed by atoms with E-state index in [9.17, 15) is 9.59 Å². The highest BCUT2D eigenvalue weighted by atomic mass is 16.5. The topological polar surface area (TPSA) is 109 Å². The number of benzene rings is 1. The molecule has 0 unspecified atom stereocenters. The number of hydrogen-bond donors (Lipinski definition) is 2. The minimum absolute atomic E-state index is 0.0367. The second-order valence-corrected chi connectivity index (χ2v) is 5.12. The highest BCUT2D eigenvalue weighted by Crippen LogP contribution is 2.29. The van der Waals surface area contributed by atoms with Gasteiger partial charge in [-0.2, -0.15) is 5.26 Å². The van der Waals surface area contributed by atoms with Gasteiger partial charge in [0.1, 0.15) is 11.6 Å². The number of carboxylic acids is 1. The molecule has 0 aliphatic rings. The molecule has 1 aromatic rings. The number of nitrogens with one attached hydrogen (secondary N) is 1. The molecule has 128 valence electrons. The highest BCUT2D eigenvalue weighted by molar-refractivity contribution is 6.01. The molecule has 7 nitrogen and oxygen atoms in total. The summed E-state index contributed by atoms with van der Waals surface area (Å²) in [4.78, 5) is 22.5. The van der Waals surface area contributed by atoms with Gasteiger partial charge in [-0.1, -0.05) is 6.07 Å². The SMILES string of the molecule is CCOc1cc(/C=C(\C#N)C(=O)NC(C)C)ccc1OCC(=O)O. The van der Waals surface area contributed by atoms with Crippen molar-refractivity contribution in [3.05, 3.63) is 29.3 Å². The molecule has 0 spiro atoms. The quantitative estimate of drug-likeness (QED) is 0.556. The van der Waals surface area contributed by atoms with Crippen molar-refractivity contribution in [2.24, 2.45) is 0 Å². The minimum atomic E-state index is -1.10. The van der Waals surface area contributed by atoms with Gasteiger partial charge in [0.25, 0.3) is 5.91 Å². The van der Waals surface area contributed by atoms with Crippen LogP contribution in [-0.4, -0.2) is 36.2 Å². The number of carbonyl (C=O) groups excluding carboxylic acids is 1. The summed E-state index contributed by atoms with van der Waals surface area (Å²) in [5.74, 6) is -0.939. The zero-order valence-corrected chi connectivity index (χ0v) is 13.8. The van der Waals surface area contributed by atoms with Crippen LogP contribution in [0, 0.1) is 11.3 Å². The summed E-state index contributed by atoms with van der Waals surface area (Å²) < 4.78 is 10.6. The molecule has 1 amide bonds. The van der Waals surface area contributed by atoms with E-state index >= 15 is 0 Å². The first-order chi connectivity index (χ1) is 11.4. The van der Waals surface area contributed by atoms with E-state index in [1.807, 2.05) is 6.07 Å². The molecule has 0 saturated carbocycles. The number of carbonyl (C=O) groups is 2. The van der Waals surface area contributed by atoms with Crippen LogP contribution in [0.15, 0.2) is 23.8 Å². The van der Waals surface area contributed by atoms with Crippen LogP contribution >= 0.6 is 0 Å². The Morgan fingerprint density at radius 3 is 2.58 bits per heavy atom. The maximum Gasteiger partial charge on any atom is 0.341 e. The average Bonchev–Trinajstić information content (AvgIpc) is 2.51. The molecule has 0 heterocycles. The van der Waals surface area contributed by atoms with E-state index in [-0.39, 0.29) is 17.4 Å². The van der Waals surface area contributed by atoms with Gasteiger partial charge < -0.3 is 19.9 Å². The first-order valence-corrected chi connectivity index (χ1v) is 7.41. The van der Waals surface area contributed by atoms with E-state index in [0.717, 1.165) is 0 Å². The molecular weight excluding hydrogens is 312 g/mol. The Hall–Kier alpha value is -3.01. The summed E-state index contributed by atoms with van der Waals surface area (Å²) in [6, 6.07) is 6.51. The second kappa shape index (κ2) is 9.20. The summed E-state index contributed by atoms with van der Waals surface area (Å²) in [6.07, 6.45) is 1.43. The lowest BCUT2D eigenvalue weighted by Crippen LogP contribution is -2.30. The molecule has 1 aromatic carbocycles. The molecular formula is C17H20N2O5. The summed E-state index contributed by atoms with van der Waals surface area (Å²) in [5, 5.41) is 20.5. The predicted octanol–water partition coefficient (Wildman–Crippen LogP) is 1.98. The lowest BCUT2D eigenvalue weighted by molar-refractivity contribution is -0.139. The maximum atomic E-state index is 11.9. The van der Waals surface area contributed by atoms with E-state index in [2.05, 4.69) is 5.32 Å². The Labute approximate surface area is 140 Å². The number of hydrogen-bond acceptors (Lipinski definition) is 5. The van der Waals surface area contributed by atoms with Gasteiger partial charge in [-0.15, -0.1) is 0 Å². The molecule has 0 saturated heterocycles. The van der Waals surface area contributed by atoms with Crippen molar-refractivity contribution in [3.63, 3.8) is 0 Å². The fraction of sp³-hybridized carbons (Fsp3) is 0.353.